The number of carbonyl (C=O) groups excluding carboxylic acids is 1. The van der Waals surface area contributed by atoms with Crippen LogP contribution in [0.15, 0.2) is 36.4 Å². The summed E-state index contributed by atoms with van der Waals surface area (Å²) < 4.78 is 21.2. The maximum atomic E-state index is 12.8. The highest BCUT2D eigenvalue weighted by Crippen LogP contribution is 2.45. The van der Waals surface area contributed by atoms with Gasteiger partial charge in [-0.15, -0.1) is 0 Å². The molecule has 2 atom stereocenters. The predicted octanol–water partition coefficient (Wildman–Crippen LogP) is 2.90. The molecule has 1 fully saturated rings. The molecule has 8 heteroatoms. The van der Waals surface area contributed by atoms with Crippen LogP contribution in [0.5, 0.6) is 23.0 Å². The van der Waals surface area contributed by atoms with Gasteiger partial charge in [-0.2, -0.15) is 0 Å². The average molecular weight is 401 g/mol. The number of anilines is 1. The van der Waals surface area contributed by atoms with Crippen LogP contribution in [-0.2, 0) is 9.59 Å². The van der Waals surface area contributed by atoms with Crippen molar-refractivity contribution in [3.05, 3.63) is 42.0 Å². The average Bonchev–Trinajstić information content (AvgIpc) is 3.10. The highest BCUT2D eigenvalue weighted by atomic mass is 16.5. The van der Waals surface area contributed by atoms with Crippen molar-refractivity contribution in [2.24, 2.45) is 5.92 Å². The van der Waals surface area contributed by atoms with Crippen molar-refractivity contribution >= 4 is 17.6 Å². The van der Waals surface area contributed by atoms with Crippen LogP contribution in [-0.4, -0.2) is 45.4 Å². The maximum Gasteiger partial charge on any atom is 0.309 e. The summed E-state index contributed by atoms with van der Waals surface area (Å²) in [7, 11) is 6.04. The SMILES string of the molecule is COc1ccc(C2C(C(=O)O)CC(=O)N2c2ccc(OC)c(OC)c2)cc1OC. The van der Waals surface area contributed by atoms with E-state index >= 15 is 0 Å². The van der Waals surface area contributed by atoms with Gasteiger partial charge in [0.15, 0.2) is 23.0 Å². The number of aliphatic carboxylic acids is 1. The van der Waals surface area contributed by atoms with Gasteiger partial charge in [0.2, 0.25) is 5.91 Å². The number of carboxylic acids is 1. The molecular formula is C21H23NO7. The van der Waals surface area contributed by atoms with Crippen molar-refractivity contribution in [2.45, 2.75) is 12.5 Å². The first-order valence-electron chi connectivity index (χ1n) is 8.94. The van der Waals surface area contributed by atoms with Gasteiger partial charge in [-0.3, -0.25) is 9.59 Å². The molecule has 0 spiro atoms. The molecule has 1 aliphatic rings. The van der Waals surface area contributed by atoms with E-state index in [1.54, 1.807) is 36.4 Å². The molecule has 2 aromatic rings. The number of amides is 1. The molecule has 154 valence electrons. The lowest BCUT2D eigenvalue weighted by atomic mass is 9.93. The first kappa shape index (κ1) is 20.3. The Morgan fingerprint density at radius 2 is 1.45 bits per heavy atom. The third-order valence-corrected chi connectivity index (χ3v) is 5.03. The molecule has 1 amide bonds. The lowest BCUT2D eigenvalue weighted by molar-refractivity contribution is -0.142. The maximum absolute atomic E-state index is 12.8. The summed E-state index contributed by atoms with van der Waals surface area (Å²) in [6.45, 7) is 0. The monoisotopic (exact) mass is 401 g/mol. The van der Waals surface area contributed by atoms with Crippen LogP contribution in [0.2, 0.25) is 0 Å². The lowest BCUT2D eigenvalue weighted by Gasteiger charge is -2.28. The molecule has 0 bridgehead atoms. The number of benzene rings is 2. The molecule has 1 aliphatic heterocycles. The molecule has 0 aliphatic carbocycles. The normalized spacial score (nSPS) is 18.5. The van der Waals surface area contributed by atoms with E-state index in [9.17, 15) is 14.7 Å². The Balaban J connectivity index is 2.12. The van der Waals surface area contributed by atoms with E-state index in [0.717, 1.165) is 0 Å². The van der Waals surface area contributed by atoms with E-state index in [-0.39, 0.29) is 12.3 Å². The topological polar surface area (TPSA) is 94.5 Å². The largest absolute Gasteiger partial charge is 0.493 e. The van der Waals surface area contributed by atoms with Crippen LogP contribution in [0.3, 0.4) is 0 Å². The van der Waals surface area contributed by atoms with E-state index in [1.807, 2.05) is 0 Å². The second-order valence-corrected chi connectivity index (χ2v) is 6.51. The Hall–Kier alpha value is -3.42. The molecule has 0 radical (unpaired) electrons. The molecule has 29 heavy (non-hydrogen) atoms. The Labute approximate surface area is 168 Å². The van der Waals surface area contributed by atoms with Gasteiger partial charge in [-0.1, -0.05) is 6.07 Å². The number of ether oxygens (including phenoxy) is 4. The first-order chi connectivity index (χ1) is 13.9. The first-order valence-corrected chi connectivity index (χ1v) is 8.94. The molecule has 0 saturated carbocycles. The smallest absolute Gasteiger partial charge is 0.309 e. The van der Waals surface area contributed by atoms with Crippen molar-refractivity contribution in [1.29, 1.82) is 0 Å². The van der Waals surface area contributed by atoms with Gasteiger partial charge in [0.25, 0.3) is 0 Å². The van der Waals surface area contributed by atoms with Gasteiger partial charge in [0.1, 0.15) is 0 Å². The van der Waals surface area contributed by atoms with E-state index < -0.39 is 17.9 Å². The predicted molar refractivity (Wildman–Crippen MR) is 105 cm³/mol. The number of nitrogens with zero attached hydrogens (tertiary/aromatic N) is 1. The fraction of sp³-hybridized carbons (Fsp3) is 0.333. The van der Waals surface area contributed by atoms with Gasteiger partial charge < -0.3 is 29.0 Å². The Morgan fingerprint density at radius 1 is 0.897 bits per heavy atom. The minimum Gasteiger partial charge on any atom is -0.493 e. The van der Waals surface area contributed by atoms with Crippen molar-refractivity contribution < 1.29 is 33.6 Å². The van der Waals surface area contributed by atoms with Crippen LogP contribution in [0.1, 0.15) is 18.0 Å². The van der Waals surface area contributed by atoms with Crippen LogP contribution in [0, 0.1) is 5.92 Å². The van der Waals surface area contributed by atoms with E-state index in [4.69, 9.17) is 18.9 Å². The van der Waals surface area contributed by atoms with Gasteiger partial charge in [-0.05, 0) is 29.8 Å². The third-order valence-electron chi connectivity index (χ3n) is 5.03. The summed E-state index contributed by atoms with van der Waals surface area (Å²) in [6, 6.07) is 9.48. The zero-order chi connectivity index (χ0) is 21.1. The second-order valence-electron chi connectivity index (χ2n) is 6.51. The van der Waals surface area contributed by atoms with Gasteiger partial charge in [0, 0.05) is 18.2 Å². The Morgan fingerprint density at radius 3 is 2.00 bits per heavy atom. The van der Waals surface area contributed by atoms with Crippen LogP contribution >= 0.6 is 0 Å². The van der Waals surface area contributed by atoms with Crippen molar-refractivity contribution in [1.82, 2.24) is 0 Å². The molecule has 3 rings (SSSR count). The second kappa shape index (κ2) is 8.30. The highest BCUT2D eigenvalue weighted by molar-refractivity contribution is 6.00. The third kappa shape index (κ3) is 3.65. The van der Waals surface area contributed by atoms with Crippen LogP contribution < -0.4 is 23.8 Å². The molecule has 2 aromatic carbocycles. The molecule has 0 aromatic heterocycles. The quantitative estimate of drug-likeness (QED) is 0.762. The summed E-state index contributed by atoms with van der Waals surface area (Å²) >= 11 is 0. The number of hydrogen-bond acceptors (Lipinski definition) is 6. The summed E-state index contributed by atoms with van der Waals surface area (Å²) in [4.78, 5) is 26.3. The van der Waals surface area contributed by atoms with Crippen LogP contribution in [0.25, 0.3) is 0 Å². The Kier molecular flexibility index (Phi) is 5.81. The zero-order valence-electron chi connectivity index (χ0n) is 16.7. The summed E-state index contributed by atoms with van der Waals surface area (Å²) in [5, 5.41) is 9.76. The number of hydrogen-bond donors (Lipinski definition) is 1. The van der Waals surface area contributed by atoms with Gasteiger partial charge in [0.05, 0.1) is 40.4 Å². The number of carbonyl (C=O) groups is 2. The van der Waals surface area contributed by atoms with E-state index in [2.05, 4.69) is 0 Å². The van der Waals surface area contributed by atoms with E-state index in [1.165, 1.54) is 33.3 Å². The number of methoxy groups -OCH3 is 4. The molecular weight excluding hydrogens is 378 g/mol. The molecule has 8 nitrogen and oxygen atoms in total. The fourth-order valence-electron chi connectivity index (χ4n) is 3.65. The number of carboxylic acid groups (broad SMARTS) is 1. The standard InChI is InChI=1S/C21H23NO7/c1-26-15-7-5-12(9-17(15)28-3)20-14(21(24)25)11-19(23)22(20)13-6-8-16(27-2)18(10-13)29-4/h5-10,14,20H,11H2,1-4H3,(H,24,25). The summed E-state index contributed by atoms with van der Waals surface area (Å²) in [5.74, 6) is -0.298. The van der Waals surface area contributed by atoms with Crippen molar-refractivity contribution in [3.63, 3.8) is 0 Å². The van der Waals surface area contributed by atoms with Gasteiger partial charge in [-0.25, -0.2) is 0 Å². The molecule has 1 N–H and O–H groups in total. The number of rotatable bonds is 7. The molecule has 1 heterocycles. The zero-order valence-corrected chi connectivity index (χ0v) is 16.7. The summed E-state index contributed by atoms with van der Waals surface area (Å²) in [5.41, 5.74) is 1.16. The Bertz CT molecular complexity index is 927. The minimum absolute atomic E-state index is 0.108. The lowest BCUT2D eigenvalue weighted by Crippen LogP contribution is -2.30. The minimum atomic E-state index is -1.04. The molecule has 1 saturated heterocycles. The highest BCUT2D eigenvalue weighted by Gasteiger charge is 2.45. The van der Waals surface area contributed by atoms with Gasteiger partial charge >= 0.3 is 5.97 Å². The fourth-order valence-corrected chi connectivity index (χ4v) is 3.65. The summed E-state index contributed by atoms with van der Waals surface area (Å²) in [6.07, 6.45) is -0.108. The molecule has 2 unspecified atom stereocenters. The van der Waals surface area contributed by atoms with Crippen molar-refractivity contribution in [2.75, 3.05) is 33.3 Å². The van der Waals surface area contributed by atoms with Crippen LogP contribution in [0.4, 0.5) is 5.69 Å². The van der Waals surface area contributed by atoms with E-state index in [0.29, 0.717) is 34.2 Å². The van der Waals surface area contributed by atoms with Crippen molar-refractivity contribution in [3.8, 4) is 23.0 Å².